The number of hydrogen-bond donors (Lipinski definition) is 0. The largest absolute Gasteiger partial charge is 0.433 e. The van der Waals surface area contributed by atoms with Crippen LogP contribution in [0.3, 0.4) is 0 Å². The predicted octanol–water partition coefficient (Wildman–Crippen LogP) is 1.78. The fraction of sp³-hybridized carbons (Fsp3) is 0.375. The minimum absolute atomic E-state index is 0.0444. The van der Waals surface area contributed by atoms with Crippen LogP contribution < -0.4 is 4.90 Å². The lowest BCUT2D eigenvalue weighted by Crippen LogP contribution is -2.49. The van der Waals surface area contributed by atoms with Crippen LogP contribution >= 0.6 is 0 Å². The lowest BCUT2D eigenvalue weighted by molar-refractivity contribution is -0.141. The van der Waals surface area contributed by atoms with E-state index < -0.39 is 11.9 Å². The Balaban J connectivity index is 1.59. The van der Waals surface area contributed by atoms with Crippen molar-refractivity contribution in [3.8, 4) is 0 Å². The van der Waals surface area contributed by atoms with E-state index >= 15 is 0 Å². The van der Waals surface area contributed by atoms with Gasteiger partial charge in [0.05, 0.1) is 6.42 Å². The molecule has 0 radical (unpaired) electrons. The lowest BCUT2D eigenvalue weighted by atomic mass is 10.2. The topological polar surface area (TPSA) is 62.2 Å². The Morgan fingerprint density at radius 3 is 2.48 bits per heavy atom. The van der Waals surface area contributed by atoms with Gasteiger partial charge in [0.1, 0.15) is 17.8 Å². The van der Waals surface area contributed by atoms with Crippen LogP contribution in [0.15, 0.2) is 36.8 Å². The van der Waals surface area contributed by atoms with Gasteiger partial charge in [-0.2, -0.15) is 13.2 Å². The number of pyridine rings is 1. The Bertz CT molecular complexity index is 730. The number of nitrogens with zero attached hydrogens (tertiary/aromatic N) is 5. The molecule has 1 fully saturated rings. The van der Waals surface area contributed by atoms with Crippen LogP contribution in [0.2, 0.25) is 0 Å². The van der Waals surface area contributed by atoms with E-state index in [2.05, 4.69) is 15.0 Å². The fourth-order valence-corrected chi connectivity index (χ4v) is 2.63. The highest BCUT2D eigenvalue weighted by Gasteiger charge is 2.33. The summed E-state index contributed by atoms with van der Waals surface area (Å²) in [6, 6.07) is 6.32. The number of anilines is 1. The summed E-state index contributed by atoms with van der Waals surface area (Å²) < 4.78 is 38.2. The maximum absolute atomic E-state index is 12.7. The quantitative estimate of drug-likeness (QED) is 0.844. The Hall–Kier alpha value is -2.71. The number of carbonyl (C=O) groups is 1. The first-order chi connectivity index (χ1) is 11.9. The summed E-state index contributed by atoms with van der Waals surface area (Å²) in [5, 5.41) is 0. The molecule has 1 aliphatic rings. The zero-order chi connectivity index (χ0) is 17.9. The van der Waals surface area contributed by atoms with Crippen molar-refractivity contribution in [3.63, 3.8) is 0 Å². The predicted molar refractivity (Wildman–Crippen MR) is 83.8 cm³/mol. The van der Waals surface area contributed by atoms with Gasteiger partial charge in [-0.15, -0.1) is 0 Å². The standard InChI is InChI=1S/C16H16F3N5O/c17-16(18,19)13-10-14(22-11-21-13)23-5-7-24(8-6-23)15(25)9-12-3-1-2-4-20-12/h1-4,10-11H,5-9H2. The lowest BCUT2D eigenvalue weighted by Gasteiger charge is -2.35. The number of amides is 1. The van der Waals surface area contributed by atoms with Crippen molar-refractivity contribution in [1.29, 1.82) is 0 Å². The van der Waals surface area contributed by atoms with Crippen LogP contribution in [0.4, 0.5) is 19.0 Å². The molecule has 132 valence electrons. The van der Waals surface area contributed by atoms with E-state index in [1.54, 1.807) is 28.1 Å². The second kappa shape index (κ2) is 7.04. The van der Waals surface area contributed by atoms with Gasteiger partial charge < -0.3 is 9.80 Å². The van der Waals surface area contributed by atoms with Crippen molar-refractivity contribution in [2.24, 2.45) is 0 Å². The Morgan fingerprint density at radius 2 is 1.84 bits per heavy atom. The molecule has 0 atom stereocenters. The summed E-state index contributed by atoms with van der Waals surface area (Å²) in [4.78, 5) is 27.0. The van der Waals surface area contributed by atoms with Crippen LogP contribution in [0.5, 0.6) is 0 Å². The smallest absolute Gasteiger partial charge is 0.353 e. The maximum atomic E-state index is 12.7. The third-order valence-electron chi connectivity index (χ3n) is 3.96. The van der Waals surface area contributed by atoms with Gasteiger partial charge in [-0.3, -0.25) is 9.78 Å². The van der Waals surface area contributed by atoms with Crippen molar-refractivity contribution >= 4 is 11.7 Å². The van der Waals surface area contributed by atoms with Gasteiger partial charge in [-0.1, -0.05) is 6.07 Å². The second-order valence-corrected chi connectivity index (χ2v) is 5.62. The molecule has 0 saturated carbocycles. The molecule has 9 heteroatoms. The number of halogens is 3. The zero-order valence-corrected chi connectivity index (χ0v) is 13.3. The fourth-order valence-electron chi connectivity index (χ4n) is 2.63. The molecule has 0 N–H and O–H groups in total. The summed E-state index contributed by atoms with van der Waals surface area (Å²) in [5.41, 5.74) is -0.272. The SMILES string of the molecule is O=C(Cc1ccccn1)N1CCN(c2cc(C(F)(F)F)ncn2)CC1. The van der Waals surface area contributed by atoms with Gasteiger partial charge in [0.2, 0.25) is 5.91 Å². The van der Waals surface area contributed by atoms with Crippen molar-refractivity contribution in [2.45, 2.75) is 12.6 Å². The summed E-state index contributed by atoms with van der Waals surface area (Å²) in [5.74, 6) is 0.177. The van der Waals surface area contributed by atoms with E-state index in [9.17, 15) is 18.0 Å². The number of piperazine rings is 1. The zero-order valence-electron chi connectivity index (χ0n) is 13.3. The summed E-state index contributed by atoms with van der Waals surface area (Å²) in [6.07, 6.45) is -1.74. The highest BCUT2D eigenvalue weighted by atomic mass is 19.4. The molecule has 25 heavy (non-hydrogen) atoms. The molecule has 3 heterocycles. The van der Waals surface area contributed by atoms with E-state index in [4.69, 9.17) is 0 Å². The monoisotopic (exact) mass is 351 g/mol. The van der Waals surface area contributed by atoms with Gasteiger partial charge in [-0.05, 0) is 12.1 Å². The Kier molecular flexibility index (Phi) is 4.82. The molecule has 0 unspecified atom stereocenters. The first kappa shape index (κ1) is 17.1. The van der Waals surface area contributed by atoms with E-state index in [1.807, 2.05) is 6.07 Å². The molecule has 0 aliphatic carbocycles. The van der Waals surface area contributed by atoms with Gasteiger partial charge in [0.25, 0.3) is 0 Å². The molecule has 6 nitrogen and oxygen atoms in total. The number of carbonyl (C=O) groups excluding carboxylic acids is 1. The summed E-state index contributed by atoms with van der Waals surface area (Å²) in [6.45, 7) is 1.69. The number of rotatable bonds is 3. The van der Waals surface area contributed by atoms with Crippen molar-refractivity contribution in [3.05, 3.63) is 48.2 Å². The Labute approximate surface area is 142 Å². The third kappa shape index (κ3) is 4.23. The highest BCUT2D eigenvalue weighted by Crippen LogP contribution is 2.29. The molecule has 0 bridgehead atoms. The molecular weight excluding hydrogens is 335 g/mol. The van der Waals surface area contributed by atoms with E-state index in [0.29, 0.717) is 31.9 Å². The Morgan fingerprint density at radius 1 is 1.08 bits per heavy atom. The average molecular weight is 351 g/mol. The molecule has 1 aliphatic heterocycles. The van der Waals surface area contributed by atoms with Gasteiger partial charge in [0.15, 0.2) is 0 Å². The number of alkyl halides is 3. The average Bonchev–Trinajstić information content (AvgIpc) is 2.62. The van der Waals surface area contributed by atoms with Crippen LogP contribution in [-0.4, -0.2) is 51.9 Å². The number of hydrogen-bond acceptors (Lipinski definition) is 5. The molecule has 2 aromatic heterocycles. The van der Waals surface area contributed by atoms with Crippen LogP contribution in [0.25, 0.3) is 0 Å². The molecule has 2 aromatic rings. The molecular formula is C16H16F3N5O. The third-order valence-corrected chi connectivity index (χ3v) is 3.96. The first-order valence-electron chi connectivity index (χ1n) is 7.75. The van der Waals surface area contributed by atoms with Crippen molar-refractivity contribution in [1.82, 2.24) is 19.9 Å². The van der Waals surface area contributed by atoms with Crippen LogP contribution in [0, 0.1) is 0 Å². The molecule has 1 amide bonds. The summed E-state index contributed by atoms with van der Waals surface area (Å²) in [7, 11) is 0. The van der Waals surface area contributed by atoms with Crippen molar-refractivity contribution < 1.29 is 18.0 Å². The molecule has 3 rings (SSSR count). The van der Waals surface area contributed by atoms with Crippen LogP contribution in [-0.2, 0) is 17.4 Å². The molecule has 1 saturated heterocycles. The molecule has 0 aromatic carbocycles. The second-order valence-electron chi connectivity index (χ2n) is 5.62. The highest BCUT2D eigenvalue weighted by molar-refractivity contribution is 5.78. The number of aromatic nitrogens is 3. The van der Waals surface area contributed by atoms with Crippen LogP contribution in [0.1, 0.15) is 11.4 Å². The van der Waals surface area contributed by atoms with Gasteiger partial charge in [0, 0.05) is 44.1 Å². The van der Waals surface area contributed by atoms with Gasteiger partial charge >= 0.3 is 6.18 Å². The normalized spacial score (nSPS) is 15.3. The minimum Gasteiger partial charge on any atom is -0.353 e. The van der Waals surface area contributed by atoms with Crippen molar-refractivity contribution in [2.75, 3.05) is 31.1 Å². The van der Waals surface area contributed by atoms with E-state index in [1.165, 1.54) is 0 Å². The van der Waals surface area contributed by atoms with Gasteiger partial charge in [-0.25, -0.2) is 9.97 Å². The summed E-state index contributed by atoms with van der Waals surface area (Å²) >= 11 is 0. The minimum atomic E-state index is -4.50. The van der Waals surface area contributed by atoms with E-state index in [-0.39, 0.29) is 18.1 Å². The van der Waals surface area contributed by atoms with E-state index in [0.717, 1.165) is 12.4 Å². The first-order valence-corrected chi connectivity index (χ1v) is 7.75. The molecule has 0 spiro atoms. The maximum Gasteiger partial charge on any atom is 0.433 e.